The summed E-state index contributed by atoms with van der Waals surface area (Å²) in [4.78, 5) is 0. The Morgan fingerprint density at radius 2 is 1.95 bits per heavy atom. The maximum Gasteiger partial charge on any atom is 0.0692 e. The molecule has 1 aromatic heterocycles. The van der Waals surface area contributed by atoms with Crippen LogP contribution in [0.5, 0.6) is 0 Å². The molecule has 0 saturated heterocycles. The number of benzene rings is 2. The second kappa shape index (κ2) is 5.00. The molecule has 1 heterocycles. The molecule has 1 N–H and O–H groups in total. The maximum atomic E-state index is 9.19. The van der Waals surface area contributed by atoms with Gasteiger partial charge in [0.05, 0.1) is 12.1 Å². The fourth-order valence-electron chi connectivity index (χ4n) is 2.15. The number of rotatable bonds is 2. The molecule has 0 saturated carbocycles. The van der Waals surface area contributed by atoms with Gasteiger partial charge in [-0.1, -0.05) is 33.6 Å². The van der Waals surface area contributed by atoms with Gasteiger partial charge in [-0.2, -0.15) is 0 Å². The van der Waals surface area contributed by atoms with Crippen LogP contribution in [-0.4, -0.2) is 9.67 Å². The molecule has 0 atom stereocenters. The first-order chi connectivity index (χ1) is 9.19. The third-order valence-electron chi connectivity index (χ3n) is 3.14. The average molecular weight is 337 g/mol. The van der Waals surface area contributed by atoms with Gasteiger partial charge in [-0.15, -0.1) is 0 Å². The molecular weight excluding hydrogens is 326 g/mol. The van der Waals surface area contributed by atoms with E-state index in [1.807, 2.05) is 48.7 Å². The molecule has 0 aliphatic heterocycles. The van der Waals surface area contributed by atoms with E-state index in [9.17, 15) is 5.11 Å². The summed E-state index contributed by atoms with van der Waals surface area (Å²) in [5.74, 6) is 0. The Morgan fingerprint density at radius 1 is 1.11 bits per heavy atom. The number of fused-ring (bicyclic) bond motifs is 1. The molecule has 0 amide bonds. The first kappa shape index (κ1) is 12.7. The SMILES string of the molecule is OCc1ccc(-n2ccc3cc(Cl)ccc32)cc1Br. The number of aromatic nitrogens is 1. The Kier molecular flexibility index (Phi) is 3.35. The largest absolute Gasteiger partial charge is 0.392 e. The second-order valence-corrected chi connectivity index (χ2v) is 5.61. The van der Waals surface area contributed by atoms with E-state index < -0.39 is 0 Å². The monoisotopic (exact) mass is 335 g/mol. The zero-order valence-electron chi connectivity index (χ0n) is 9.98. The lowest BCUT2D eigenvalue weighted by atomic mass is 10.2. The van der Waals surface area contributed by atoms with Crippen molar-refractivity contribution in [1.82, 2.24) is 4.57 Å². The minimum absolute atomic E-state index is 0.0307. The lowest BCUT2D eigenvalue weighted by Crippen LogP contribution is -1.94. The Balaban J connectivity index is 2.16. The highest BCUT2D eigenvalue weighted by Crippen LogP contribution is 2.26. The van der Waals surface area contributed by atoms with Crippen LogP contribution in [0.25, 0.3) is 16.6 Å². The standard InChI is InChI=1S/C15H11BrClNO/c16-14-8-13(3-1-11(14)9-19)18-6-5-10-7-12(17)2-4-15(10)18/h1-8,19H,9H2. The quantitative estimate of drug-likeness (QED) is 0.730. The van der Waals surface area contributed by atoms with Crippen LogP contribution < -0.4 is 0 Å². The molecule has 3 rings (SSSR count). The Hall–Kier alpha value is -1.29. The zero-order chi connectivity index (χ0) is 13.4. The summed E-state index contributed by atoms with van der Waals surface area (Å²) < 4.78 is 3.00. The van der Waals surface area contributed by atoms with E-state index in [-0.39, 0.29) is 6.61 Å². The topological polar surface area (TPSA) is 25.2 Å². The molecule has 0 spiro atoms. The van der Waals surface area contributed by atoms with Gasteiger partial charge in [0, 0.05) is 26.8 Å². The Bertz CT molecular complexity index is 751. The van der Waals surface area contributed by atoms with Crippen LogP contribution in [-0.2, 0) is 6.61 Å². The molecule has 0 aliphatic rings. The fraction of sp³-hybridized carbons (Fsp3) is 0.0667. The number of aliphatic hydroxyl groups is 1. The van der Waals surface area contributed by atoms with Gasteiger partial charge in [0.2, 0.25) is 0 Å². The highest BCUT2D eigenvalue weighted by molar-refractivity contribution is 9.10. The van der Waals surface area contributed by atoms with Crippen LogP contribution in [0.2, 0.25) is 5.02 Å². The van der Waals surface area contributed by atoms with Crippen LogP contribution in [0.1, 0.15) is 5.56 Å². The van der Waals surface area contributed by atoms with Gasteiger partial charge in [-0.3, -0.25) is 0 Å². The molecule has 19 heavy (non-hydrogen) atoms. The smallest absolute Gasteiger partial charge is 0.0692 e. The van der Waals surface area contributed by atoms with Gasteiger partial charge in [-0.05, 0) is 42.0 Å². The van der Waals surface area contributed by atoms with Crippen LogP contribution >= 0.6 is 27.5 Å². The lowest BCUT2D eigenvalue weighted by molar-refractivity contribution is 0.281. The normalized spacial score (nSPS) is 11.1. The van der Waals surface area contributed by atoms with Gasteiger partial charge in [0.1, 0.15) is 0 Å². The number of aliphatic hydroxyl groups excluding tert-OH is 1. The molecule has 2 aromatic carbocycles. The third-order valence-corrected chi connectivity index (χ3v) is 4.11. The Labute approximate surface area is 124 Å². The van der Waals surface area contributed by atoms with E-state index in [1.165, 1.54) is 0 Å². The number of hydrogen-bond acceptors (Lipinski definition) is 1. The predicted octanol–water partition coefficient (Wildman–Crippen LogP) is 4.54. The summed E-state index contributed by atoms with van der Waals surface area (Å²) in [6.07, 6.45) is 2.02. The molecule has 96 valence electrons. The van der Waals surface area contributed by atoms with Crippen LogP contribution in [0.15, 0.2) is 53.1 Å². The van der Waals surface area contributed by atoms with Crippen molar-refractivity contribution in [1.29, 1.82) is 0 Å². The first-order valence-electron chi connectivity index (χ1n) is 5.85. The van der Waals surface area contributed by atoms with Crippen molar-refractivity contribution in [2.24, 2.45) is 0 Å². The van der Waals surface area contributed by atoms with Crippen LogP contribution in [0, 0.1) is 0 Å². The van der Waals surface area contributed by atoms with Gasteiger partial charge in [-0.25, -0.2) is 0 Å². The summed E-state index contributed by atoms with van der Waals surface area (Å²) in [5, 5.41) is 11.0. The highest BCUT2D eigenvalue weighted by Gasteiger charge is 2.06. The van der Waals surface area contributed by atoms with Gasteiger partial charge >= 0.3 is 0 Å². The molecular formula is C15H11BrClNO. The van der Waals surface area contributed by atoms with E-state index in [0.717, 1.165) is 31.6 Å². The van der Waals surface area contributed by atoms with Crippen molar-refractivity contribution in [2.45, 2.75) is 6.61 Å². The fourth-order valence-corrected chi connectivity index (χ4v) is 2.83. The van der Waals surface area contributed by atoms with E-state index in [0.29, 0.717) is 0 Å². The highest BCUT2D eigenvalue weighted by atomic mass is 79.9. The van der Waals surface area contributed by atoms with Crippen molar-refractivity contribution in [2.75, 3.05) is 0 Å². The Morgan fingerprint density at radius 3 is 2.68 bits per heavy atom. The molecule has 2 nitrogen and oxygen atoms in total. The third kappa shape index (κ3) is 2.29. The summed E-state index contributed by atoms with van der Waals surface area (Å²) in [5.41, 5.74) is 3.03. The average Bonchev–Trinajstić information content (AvgIpc) is 2.81. The molecule has 3 aromatic rings. The first-order valence-corrected chi connectivity index (χ1v) is 7.02. The molecule has 0 fully saturated rings. The van der Waals surface area contributed by atoms with Crippen LogP contribution in [0.3, 0.4) is 0 Å². The summed E-state index contributed by atoms with van der Waals surface area (Å²) in [7, 11) is 0. The number of hydrogen-bond donors (Lipinski definition) is 1. The molecule has 4 heteroatoms. The lowest BCUT2D eigenvalue weighted by Gasteiger charge is -2.08. The zero-order valence-corrected chi connectivity index (χ0v) is 12.3. The van der Waals surface area contributed by atoms with E-state index in [4.69, 9.17) is 11.6 Å². The van der Waals surface area contributed by atoms with Gasteiger partial charge in [0.15, 0.2) is 0 Å². The molecule has 0 unspecified atom stereocenters. The second-order valence-electron chi connectivity index (χ2n) is 4.32. The number of halogens is 2. The summed E-state index contributed by atoms with van der Waals surface area (Å²) in [6, 6.07) is 13.8. The van der Waals surface area contributed by atoms with Gasteiger partial charge < -0.3 is 9.67 Å². The summed E-state index contributed by atoms with van der Waals surface area (Å²) >= 11 is 9.47. The van der Waals surface area contributed by atoms with Gasteiger partial charge in [0.25, 0.3) is 0 Å². The van der Waals surface area contributed by atoms with Crippen molar-refractivity contribution in [3.63, 3.8) is 0 Å². The van der Waals surface area contributed by atoms with E-state index in [2.05, 4.69) is 20.5 Å². The van der Waals surface area contributed by atoms with Crippen LogP contribution in [0.4, 0.5) is 0 Å². The van der Waals surface area contributed by atoms with E-state index in [1.54, 1.807) is 0 Å². The van der Waals surface area contributed by atoms with E-state index >= 15 is 0 Å². The van der Waals surface area contributed by atoms with Crippen molar-refractivity contribution >= 4 is 38.4 Å². The van der Waals surface area contributed by atoms with Crippen molar-refractivity contribution in [3.05, 3.63) is 63.7 Å². The van der Waals surface area contributed by atoms with Crippen molar-refractivity contribution in [3.8, 4) is 5.69 Å². The van der Waals surface area contributed by atoms with Crippen molar-refractivity contribution < 1.29 is 5.11 Å². The molecule has 0 bridgehead atoms. The maximum absolute atomic E-state index is 9.19. The molecule has 0 aliphatic carbocycles. The molecule has 0 radical (unpaired) electrons. The summed E-state index contributed by atoms with van der Waals surface area (Å²) in [6.45, 7) is 0.0307. The number of nitrogens with zero attached hydrogens (tertiary/aromatic N) is 1. The minimum atomic E-state index is 0.0307. The predicted molar refractivity (Wildman–Crippen MR) is 81.9 cm³/mol. The minimum Gasteiger partial charge on any atom is -0.392 e.